The average molecular weight is 437 g/mol. The Bertz CT molecular complexity index is 1050. The van der Waals surface area contributed by atoms with Gasteiger partial charge in [0.15, 0.2) is 0 Å². The van der Waals surface area contributed by atoms with Crippen molar-refractivity contribution < 1.29 is 24.3 Å². The molecule has 32 heavy (non-hydrogen) atoms. The molecular formula is C22H23N5O5. The second kappa shape index (κ2) is 9.29. The van der Waals surface area contributed by atoms with Gasteiger partial charge in [-0.15, -0.1) is 0 Å². The number of carbonyl (C=O) groups is 4. The molecule has 2 aromatic rings. The summed E-state index contributed by atoms with van der Waals surface area (Å²) in [6.07, 6.45) is 1.10. The molecule has 1 aliphatic heterocycles. The van der Waals surface area contributed by atoms with E-state index in [9.17, 15) is 24.3 Å². The van der Waals surface area contributed by atoms with Crippen LogP contribution >= 0.6 is 0 Å². The van der Waals surface area contributed by atoms with Gasteiger partial charge in [-0.05, 0) is 23.6 Å². The van der Waals surface area contributed by atoms with Crippen molar-refractivity contribution in [3.05, 3.63) is 71.3 Å². The summed E-state index contributed by atoms with van der Waals surface area (Å²) in [5.74, 6) is 2.80. The molecule has 0 bridgehead atoms. The Morgan fingerprint density at radius 3 is 2.44 bits per heavy atom. The maximum Gasteiger partial charge on any atom is 0.325 e. The molecule has 0 aromatic heterocycles. The first kappa shape index (κ1) is 22.5. The van der Waals surface area contributed by atoms with E-state index in [-0.39, 0.29) is 6.42 Å². The number of nitrogens with two attached hydrogens (primary N) is 1. The van der Waals surface area contributed by atoms with Crippen LogP contribution in [0, 0.1) is 0 Å². The minimum Gasteiger partial charge on any atom is -0.481 e. The predicted octanol–water partition coefficient (Wildman–Crippen LogP) is 1.08. The largest absolute Gasteiger partial charge is 0.481 e. The maximum absolute atomic E-state index is 13.0. The zero-order chi connectivity index (χ0) is 23.3. The number of urea groups is 1. The summed E-state index contributed by atoms with van der Waals surface area (Å²) in [7, 11) is 0. The first-order valence-electron chi connectivity index (χ1n) is 9.78. The Kier molecular flexibility index (Phi) is 6.53. The third-order valence-electron chi connectivity index (χ3n) is 5.20. The van der Waals surface area contributed by atoms with Crippen molar-refractivity contribution in [2.24, 2.45) is 10.9 Å². The highest BCUT2D eigenvalue weighted by atomic mass is 16.4. The number of imide groups is 1. The lowest BCUT2D eigenvalue weighted by Crippen LogP contribution is -2.44. The topological polar surface area (TPSA) is 154 Å². The molecular weight excluding hydrogens is 414 g/mol. The van der Waals surface area contributed by atoms with Crippen LogP contribution in [0.5, 0.6) is 0 Å². The molecule has 10 nitrogen and oxygen atoms in total. The van der Waals surface area contributed by atoms with Gasteiger partial charge >= 0.3 is 12.0 Å². The van der Waals surface area contributed by atoms with Gasteiger partial charge in [0.05, 0.1) is 18.7 Å². The number of nitrogens with one attached hydrogen (secondary N) is 2. The van der Waals surface area contributed by atoms with Crippen LogP contribution in [0.2, 0.25) is 0 Å². The van der Waals surface area contributed by atoms with Crippen LogP contribution < -0.4 is 16.5 Å². The number of benzene rings is 2. The van der Waals surface area contributed by atoms with Gasteiger partial charge in [0.2, 0.25) is 5.91 Å². The highest BCUT2D eigenvalue weighted by Crippen LogP contribution is 2.29. The number of carboxylic acid groups (broad SMARTS) is 1. The Labute approximate surface area is 184 Å². The minimum absolute atomic E-state index is 0.341. The molecule has 10 heteroatoms. The molecule has 0 saturated carbocycles. The number of hydrogen-bond donors (Lipinski definition) is 4. The molecule has 0 unspecified atom stereocenters. The molecule has 5 N–H and O–H groups in total. The van der Waals surface area contributed by atoms with Crippen molar-refractivity contribution >= 4 is 30.0 Å². The monoisotopic (exact) mass is 437 g/mol. The maximum atomic E-state index is 13.0. The van der Waals surface area contributed by atoms with E-state index in [0.717, 1.165) is 10.5 Å². The van der Waals surface area contributed by atoms with Crippen LogP contribution in [0.3, 0.4) is 0 Å². The molecule has 0 spiro atoms. The second-order valence-corrected chi connectivity index (χ2v) is 7.48. The summed E-state index contributed by atoms with van der Waals surface area (Å²) in [5.41, 5.74) is 0.501. The molecule has 3 rings (SSSR count). The highest BCUT2D eigenvalue weighted by molar-refractivity contribution is 6.09. The number of aliphatic carboxylic acids is 1. The van der Waals surface area contributed by atoms with Gasteiger partial charge in [-0.1, -0.05) is 54.6 Å². The minimum atomic E-state index is -1.35. The van der Waals surface area contributed by atoms with Crippen molar-refractivity contribution in [1.82, 2.24) is 15.5 Å². The summed E-state index contributed by atoms with van der Waals surface area (Å²) >= 11 is 0. The van der Waals surface area contributed by atoms with E-state index in [1.807, 2.05) is 0 Å². The molecule has 166 valence electrons. The third kappa shape index (κ3) is 4.75. The molecule has 2 atom stereocenters. The van der Waals surface area contributed by atoms with Crippen molar-refractivity contribution in [2.75, 3.05) is 6.54 Å². The van der Waals surface area contributed by atoms with Crippen LogP contribution in [-0.4, -0.2) is 46.6 Å². The van der Waals surface area contributed by atoms with Crippen LogP contribution in [-0.2, 0) is 19.9 Å². The number of hydrazone groups is 1. The first-order valence-corrected chi connectivity index (χ1v) is 9.78. The number of hydrogen-bond acceptors (Lipinski definition) is 6. The van der Waals surface area contributed by atoms with Crippen molar-refractivity contribution in [2.45, 2.75) is 24.9 Å². The molecule has 1 saturated heterocycles. The van der Waals surface area contributed by atoms with E-state index >= 15 is 0 Å². The summed E-state index contributed by atoms with van der Waals surface area (Å²) in [5, 5.41) is 17.8. The van der Waals surface area contributed by atoms with Crippen LogP contribution in [0.25, 0.3) is 0 Å². The summed E-state index contributed by atoms with van der Waals surface area (Å²) in [4.78, 5) is 50.2. The molecule has 1 aliphatic rings. The van der Waals surface area contributed by atoms with E-state index in [4.69, 9.17) is 5.84 Å². The van der Waals surface area contributed by atoms with Crippen LogP contribution in [0.15, 0.2) is 59.7 Å². The van der Waals surface area contributed by atoms with Crippen LogP contribution in [0.1, 0.15) is 36.1 Å². The molecule has 0 aliphatic carbocycles. The highest BCUT2D eigenvalue weighted by Gasteiger charge is 2.49. The fourth-order valence-corrected chi connectivity index (χ4v) is 3.52. The number of rotatable bonds is 8. The molecule has 0 radical (unpaired) electrons. The smallest absolute Gasteiger partial charge is 0.325 e. The van der Waals surface area contributed by atoms with Gasteiger partial charge in [0, 0.05) is 0 Å². The Morgan fingerprint density at radius 2 is 1.84 bits per heavy atom. The average Bonchev–Trinajstić information content (AvgIpc) is 2.98. The molecule has 2 aromatic carbocycles. The summed E-state index contributed by atoms with van der Waals surface area (Å²) in [6, 6.07) is 13.8. The standard InChI is InChI=1S/C22H23N5O5/c1-22(16-9-7-14(8-10-16)12-24-23)20(31)27(21(32)26-22)13-18(28)25-17(11-19(29)30)15-5-3-2-4-6-15/h2-10,12,17H,11,13,23H2,1H3,(H,25,28)(H,26,32)(H,29,30)/t17-,22+/m0/s1. The number of carboxylic acids is 1. The second-order valence-electron chi connectivity index (χ2n) is 7.48. The zero-order valence-corrected chi connectivity index (χ0v) is 17.3. The van der Waals surface area contributed by atoms with Gasteiger partial charge in [0.25, 0.3) is 5.91 Å². The van der Waals surface area contributed by atoms with Gasteiger partial charge in [-0.3, -0.25) is 19.3 Å². The molecule has 4 amide bonds. The zero-order valence-electron chi connectivity index (χ0n) is 17.3. The van der Waals surface area contributed by atoms with Crippen molar-refractivity contribution in [1.29, 1.82) is 0 Å². The van der Waals surface area contributed by atoms with Gasteiger partial charge < -0.3 is 21.6 Å². The van der Waals surface area contributed by atoms with E-state index in [2.05, 4.69) is 15.7 Å². The van der Waals surface area contributed by atoms with Crippen LogP contribution in [0.4, 0.5) is 4.79 Å². The fraction of sp³-hybridized carbons (Fsp3) is 0.227. The Balaban J connectivity index is 1.74. The van der Waals surface area contributed by atoms with Gasteiger partial charge in [0.1, 0.15) is 12.1 Å². The molecule has 1 fully saturated rings. The van der Waals surface area contributed by atoms with Gasteiger partial charge in [-0.25, -0.2) is 4.79 Å². The van der Waals surface area contributed by atoms with Gasteiger partial charge in [-0.2, -0.15) is 5.10 Å². The quantitative estimate of drug-likeness (QED) is 0.210. The van der Waals surface area contributed by atoms with Crippen molar-refractivity contribution in [3.63, 3.8) is 0 Å². The van der Waals surface area contributed by atoms with E-state index < -0.39 is 41.9 Å². The van der Waals surface area contributed by atoms with E-state index in [0.29, 0.717) is 11.1 Å². The normalized spacial score (nSPS) is 19.1. The lowest BCUT2D eigenvalue weighted by atomic mass is 9.91. The lowest BCUT2D eigenvalue weighted by Gasteiger charge is -2.23. The summed E-state index contributed by atoms with van der Waals surface area (Å²) < 4.78 is 0. The third-order valence-corrected chi connectivity index (χ3v) is 5.20. The summed E-state index contributed by atoms with van der Waals surface area (Å²) in [6.45, 7) is 1.01. The lowest BCUT2D eigenvalue weighted by molar-refractivity contribution is -0.138. The van der Waals surface area contributed by atoms with E-state index in [1.54, 1.807) is 61.5 Å². The Hall–Kier alpha value is -4.21. The van der Waals surface area contributed by atoms with Crippen molar-refractivity contribution in [3.8, 4) is 0 Å². The fourth-order valence-electron chi connectivity index (χ4n) is 3.52. The number of carbonyl (C=O) groups excluding carboxylic acids is 3. The SMILES string of the molecule is C[C@]1(c2ccc(C=NN)cc2)NC(=O)N(CC(=O)N[C@@H](CC(=O)O)c2ccccc2)C1=O. The number of amides is 4. The van der Waals surface area contributed by atoms with E-state index in [1.165, 1.54) is 6.21 Å². The number of nitrogens with zero attached hydrogens (tertiary/aromatic N) is 2. The predicted molar refractivity (Wildman–Crippen MR) is 115 cm³/mol. The first-order chi connectivity index (χ1) is 15.2. The molecule has 1 heterocycles. The Morgan fingerprint density at radius 1 is 1.19 bits per heavy atom.